The molecule has 0 aliphatic rings. The molecule has 0 saturated carbocycles. The summed E-state index contributed by atoms with van der Waals surface area (Å²) < 4.78 is 1.44. The second-order valence-corrected chi connectivity index (χ2v) is 3.82. The Labute approximate surface area is 102 Å². The van der Waals surface area contributed by atoms with Crippen LogP contribution in [-0.2, 0) is 11.3 Å². The van der Waals surface area contributed by atoms with E-state index in [0.29, 0.717) is 16.5 Å². The SMILES string of the molecule is Nc1cnn(CC(=O)Nc2cc(Cl)ccn2)c1. The van der Waals surface area contributed by atoms with Gasteiger partial charge in [0.2, 0.25) is 5.91 Å². The topological polar surface area (TPSA) is 85.8 Å². The lowest BCUT2D eigenvalue weighted by molar-refractivity contribution is -0.116. The maximum atomic E-state index is 11.6. The molecule has 6 nitrogen and oxygen atoms in total. The number of nitrogens with two attached hydrogens (primary N) is 1. The first-order valence-electron chi connectivity index (χ1n) is 4.83. The van der Waals surface area contributed by atoms with Gasteiger partial charge in [-0.15, -0.1) is 0 Å². The predicted octanol–water partition coefficient (Wildman–Crippen LogP) is 1.15. The fraction of sp³-hybridized carbons (Fsp3) is 0.100. The summed E-state index contributed by atoms with van der Waals surface area (Å²) in [7, 11) is 0. The monoisotopic (exact) mass is 251 g/mol. The molecule has 2 aromatic heterocycles. The molecule has 0 unspecified atom stereocenters. The third kappa shape index (κ3) is 3.18. The van der Waals surface area contributed by atoms with Crippen LogP contribution in [0, 0.1) is 0 Å². The van der Waals surface area contributed by atoms with Crippen molar-refractivity contribution in [1.82, 2.24) is 14.8 Å². The molecule has 0 atom stereocenters. The number of pyridine rings is 1. The zero-order valence-electron chi connectivity index (χ0n) is 8.80. The Morgan fingerprint density at radius 3 is 3.06 bits per heavy atom. The van der Waals surface area contributed by atoms with Crippen molar-refractivity contribution in [2.45, 2.75) is 6.54 Å². The second kappa shape index (κ2) is 4.84. The van der Waals surface area contributed by atoms with Crippen molar-refractivity contribution >= 4 is 29.0 Å². The van der Waals surface area contributed by atoms with Crippen molar-refractivity contribution < 1.29 is 4.79 Å². The van der Waals surface area contributed by atoms with Gasteiger partial charge >= 0.3 is 0 Å². The summed E-state index contributed by atoms with van der Waals surface area (Å²) in [5.74, 6) is 0.158. The third-order valence-electron chi connectivity index (χ3n) is 1.95. The average Bonchev–Trinajstić information content (AvgIpc) is 2.63. The summed E-state index contributed by atoms with van der Waals surface area (Å²) in [5.41, 5.74) is 5.99. The number of carbonyl (C=O) groups excluding carboxylic acids is 1. The van der Waals surface area contributed by atoms with Crippen molar-refractivity contribution in [3.63, 3.8) is 0 Å². The number of nitrogens with one attached hydrogen (secondary N) is 1. The molecule has 2 aromatic rings. The van der Waals surface area contributed by atoms with Gasteiger partial charge in [0.15, 0.2) is 0 Å². The summed E-state index contributed by atoms with van der Waals surface area (Å²) in [6, 6.07) is 3.20. The maximum Gasteiger partial charge on any atom is 0.247 e. The number of nitrogen functional groups attached to an aromatic ring is 1. The van der Waals surface area contributed by atoms with Gasteiger partial charge in [-0.1, -0.05) is 11.6 Å². The lowest BCUT2D eigenvalue weighted by Gasteiger charge is -2.04. The largest absolute Gasteiger partial charge is 0.396 e. The summed E-state index contributed by atoms with van der Waals surface area (Å²) in [6.07, 6.45) is 4.57. The predicted molar refractivity (Wildman–Crippen MR) is 64.5 cm³/mol. The minimum absolute atomic E-state index is 0.0748. The highest BCUT2D eigenvalue weighted by Gasteiger charge is 2.05. The van der Waals surface area contributed by atoms with Gasteiger partial charge < -0.3 is 11.1 Å². The third-order valence-corrected chi connectivity index (χ3v) is 2.18. The fourth-order valence-electron chi connectivity index (χ4n) is 1.27. The van der Waals surface area contributed by atoms with E-state index in [1.807, 2.05) is 0 Å². The molecule has 0 aromatic carbocycles. The molecule has 7 heteroatoms. The van der Waals surface area contributed by atoms with Gasteiger partial charge in [-0.2, -0.15) is 5.10 Å². The molecule has 0 aliphatic heterocycles. The van der Waals surface area contributed by atoms with Crippen molar-refractivity contribution in [2.75, 3.05) is 11.1 Å². The first-order valence-corrected chi connectivity index (χ1v) is 5.20. The van der Waals surface area contributed by atoms with Crippen LogP contribution < -0.4 is 11.1 Å². The van der Waals surface area contributed by atoms with E-state index in [2.05, 4.69) is 15.4 Å². The quantitative estimate of drug-likeness (QED) is 0.857. The van der Waals surface area contributed by atoms with Crippen LogP contribution >= 0.6 is 11.6 Å². The standard InChI is InChI=1S/C10H10ClN5O/c11-7-1-2-13-9(3-7)15-10(17)6-16-5-8(12)4-14-16/h1-5H,6,12H2,(H,13,15,17). The Morgan fingerprint density at radius 2 is 2.41 bits per heavy atom. The van der Waals surface area contributed by atoms with Crippen LogP contribution in [-0.4, -0.2) is 20.7 Å². The molecule has 0 fully saturated rings. The van der Waals surface area contributed by atoms with Gasteiger partial charge in [-0.05, 0) is 12.1 Å². The number of hydrogen-bond acceptors (Lipinski definition) is 4. The van der Waals surface area contributed by atoms with Crippen molar-refractivity contribution in [1.29, 1.82) is 0 Å². The molecular weight excluding hydrogens is 242 g/mol. The van der Waals surface area contributed by atoms with Gasteiger partial charge in [-0.25, -0.2) is 4.98 Å². The molecule has 0 radical (unpaired) electrons. The molecule has 1 amide bonds. The second-order valence-electron chi connectivity index (χ2n) is 3.38. The highest BCUT2D eigenvalue weighted by Crippen LogP contribution is 2.11. The van der Waals surface area contributed by atoms with Crippen LogP contribution in [0.25, 0.3) is 0 Å². The van der Waals surface area contributed by atoms with Gasteiger partial charge in [0.05, 0.1) is 11.9 Å². The molecular formula is C10H10ClN5O. The highest BCUT2D eigenvalue weighted by atomic mass is 35.5. The molecule has 0 aliphatic carbocycles. The van der Waals surface area contributed by atoms with E-state index in [-0.39, 0.29) is 12.5 Å². The molecule has 0 saturated heterocycles. The number of anilines is 2. The number of amides is 1. The maximum absolute atomic E-state index is 11.6. The van der Waals surface area contributed by atoms with Gasteiger partial charge in [0.1, 0.15) is 12.4 Å². The van der Waals surface area contributed by atoms with Gasteiger partial charge in [0, 0.05) is 17.4 Å². The minimum atomic E-state index is -0.247. The minimum Gasteiger partial charge on any atom is -0.396 e. The zero-order valence-corrected chi connectivity index (χ0v) is 9.55. The molecule has 0 spiro atoms. The van der Waals surface area contributed by atoms with Crippen molar-refractivity contribution in [2.24, 2.45) is 0 Å². The molecule has 3 N–H and O–H groups in total. The number of hydrogen-bond donors (Lipinski definition) is 2. The molecule has 17 heavy (non-hydrogen) atoms. The van der Waals surface area contributed by atoms with Gasteiger partial charge in [0.25, 0.3) is 0 Å². The Morgan fingerprint density at radius 1 is 1.59 bits per heavy atom. The smallest absolute Gasteiger partial charge is 0.247 e. The summed E-state index contributed by atoms with van der Waals surface area (Å²) >= 11 is 5.77. The summed E-state index contributed by atoms with van der Waals surface area (Å²) in [4.78, 5) is 15.6. The van der Waals surface area contributed by atoms with Crippen LogP contribution in [0.4, 0.5) is 11.5 Å². The van der Waals surface area contributed by atoms with E-state index in [1.54, 1.807) is 18.3 Å². The number of nitrogens with zero attached hydrogens (tertiary/aromatic N) is 3. The number of carbonyl (C=O) groups is 1. The number of halogens is 1. The Bertz CT molecular complexity index is 539. The zero-order chi connectivity index (χ0) is 12.3. The Kier molecular flexibility index (Phi) is 3.24. The average molecular weight is 252 g/mol. The van der Waals surface area contributed by atoms with Crippen LogP contribution in [0.2, 0.25) is 5.02 Å². The number of rotatable bonds is 3. The summed E-state index contributed by atoms with van der Waals surface area (Å²) in [6.45, 7) is 0.0748. The van der Waals surface area contributed by atoms with Crippen LogP contribution in [0.5, 0.6) is 0 Å². The lowest BCUT2D eigenvalue weighted by atomic mass is 10.4. The number of aromatic nitrogens is 3. The van der Waals surface area contributed by atoms with Crippen LogP contribution in [0.1, 0.15) is 0 Å². The normalized spacial score (nSPS) is 10.2. The van der Waals surface area contributed by atoms with E-state index in [9.17, 15) is 4.79 Å². The molecule has 88 valence electrons. The summed E-state index contributed by atoms with van der Waals surface area (Å²) in [5, 5.41) is 7.02. The van der Waals surface area contributed by atoms with Crippen molar-refractivity contribution in [3.05, 3.63) is 35.7 Å². The van der Waals surface area contributed by atoms with E-state index >= 15 is 0 Å². The van der Waals surface area contributed by atoms with E-state index in [1.165, 1.54) is 17.1 Å². The molecule has 2 rings (SSSR count). The van der Waals surface area contributed by atoms with E-state index in [4.69, 9.17) is 17.3 Å². The Hall–Kier alpha value is -2.08. The Balaban J connectivity index is 1.98. The van der Waals surface area contributed by atoms with Crippen LogP contribution in [0.3, 0.4) is 0 Å². The molecule has 2 heterocycles. The van der Waals surface area contributed by atoms with E-state index < -0.39 is 0 Å². The van der Waals surface area contributed by atoms with Crippen LogP contribution in [0.15, 0.2) is 30.7 Å². The van der Waals surface area contributed by atoms with Crippen molar-refractivity contribution in [3.8, 4) is 0 Å². The fourth-order valence-corrected chi connectivity index (χ4v) is 1.43. The lowest BCUT2D eigenvalue weighted by Crippen LogP contribution is -2.19. The van der Waals surface area contributed by atoms with E-state index in [0.717, 1.165) is 0 Å². The van der Waals surface area contributed by atoms with Gasteiger partial charge in [-0.3, -0.25) is 9.48 Å². The first kappa shape index (κ1) is 11.4. The molecule has 0 bridgehead atoms. The first-order chi connectivity index (χ1) is 8.13. The highest BCUT2D eigenvalue weighted by molar-refractivity contribution is 6.30.